The first-order valence-corrected chi connectivity index (χ1v) is 8.34. The van der Waals surface area contributed by atoms with Gasteiger partial charge in [-0.3, -0.25) is 9.59 Å². The number of rotatable bonds is 4. The van der Waals surface area contributed by atoms with Crippen molar-refractivity contribution in [2.45, 2.75) is 19.9 Å². The lowest BCUT2D eigenvalue weighted by Crippen LogP contribution is -2.49. The predicted octanol–water partition coefficient (Wildman–Crippen LogP) is 1.64. The largest absolute Gasteiger partial charge is 0.481 e. The number of piperidine rings is 1. The Morgan fingerprint density at radius 2 is 2.00 bits per heavy atom. The lowest BCUT2D eigenvalue weighted by atomic mass is 9.91. The number of carbonyl (C=O) groups excluding carboxylic acids is 2. The topological polar surface area (TPSA) is 90.0 Å². The molecule has 0 radical (unpaired) electrons. The number of carboxylic acids is 1. The Labute approximate surface area is 147 Å². The molecule has 136 valence electrons. The molecule has 2 unspecified atom stereocenters. The van der Waals surface area contributed by atoms with E-state index in [0.717, 1.165) is 5.56 Å². The molecule has 1 aromatic rings. The molecule has 0 spiro atoms. The van der Waals surface area contributed by atoms with Gasteiger partial charge in [-0.2, -0.15) is 0 Å². The van der Waals surface area contributed by atoms with Gasteiger partial charge in [0.15, 0.2) is 0 Å². The van der Waals surface area contributed by atoms with Crippen molar-refractivity contribution in [2.75, 3.05) is 27.2 Å². The van der Waals surface area contributed by atoms with Gasteiger partial charge in [-0.25, -0.2) is 4.79 Å². The molecular formula is C18H25N3O4. The monoisotopic (exact) mass is 347 g/mol. The molecule has 2 N–H and O–H groups in total. The minimum atomic E-state index is -0.862. The highest BCUT2D eigenvalue weighted by Crippen LogP contribution is 2.21. The molecule has 0 saturated carbocycles. The molecule has 7 heteroatoms. The summed E-state index contributed by atoms with van der Waals surface area (Å²) in [5.41, 5.74) is 1.38. The van der Waals surface area contributed by atoms with Crippen LogP contribution >= 0.6 is 0 Å². The second kappa shape index (κ2) is 8.00. The van der Waals surface area contributed by atoms with Crippen molar-refractivity contribution in [2.24, 2.45) is 11.8 Å². The lowest BCUT2D eigenvalue weighted by Gasteiger charge is -2.34. The molecule has 2 atom stereocenters. The van der Waals surface area contributed by atoms with Crippen molar-refractivity contribution in [3.63, 3.8) is 0 Å². The number of carboxylic acid groups (broad SMARTS) is 1. The van der Waals surface area contributed by atoms with E-state index in [1.165, 1.54) is 4.90 Å². The first kappa shape index (κ1) is 18.8. The van der Waals surface area contributed by atoms with Crippen LogP contribution in [0.15, 0.2) is 24.3 Å². The summed E-state index contributed by atoms with van der Waals surface area (Å²) >= 11 is 0. The van der Waals surface area contributed by atoms with Crippen LogP contribution in [-0.4, -0.2) is 60.0 Å². The molecule has 0 aromatic heterocycles. The summed E-state index contributed by atoms with van der Waals surface area (Å²) in [5.74, 6) is -1.32. The predicted molar refractivity (Wildman–Crippen MR) is 93.2 cm³/mol. The molecule has 1 saturated heterocycles. The van der Waals surface area contributed by atoms with Gasteiger partial charge in [0.1, 0.15) is 0 Å². The molecule has 0 bridgehead atoms. The second-order valence-electron chi connectivity index (χ2n) is 6.84. The van der Waals surface area contributed by atoms with Crippen molar-refractivity contribution < 1.29 is 19.5 Å². The summed E-state index contributed by atoms with van der Waals surface area (Å²) in [6.45, 7) is 3.02. The fourth-order valence-electron chi connectivity index (χ4n) is 3.06. The van der Waals surface area contributed by atoms with Gasteiger partial charge in [0.05, 0.1) is 5.92 Å². The molecule has 1 fully saturated rings. The number of likely N-dealkylation sites (tertiary alicyclic amines) is 1. The van der Waals surface area contributed by atoms with Crippen LogP contribution in [0.3, 0.4) is 0 Å². The fourth-order valence-corrected chi connectivity index (χ4v) is 3.06. The quantitative estimate of drug-likeness (QED) is 0.866. The highest BCUT2D eigenvalue weighted by molar-refractivity contribution is 5.94. The SMILES string of the molecule is CC1CC(C(=O)O)CN(C(=O)NCc2cccc(C(=O)N(C)C)c2)C1. The summed E-state index contributed by atoms with van der Waals surface area (Å²) in [6.07, 6.45) is 0.591. The Morgan fingerprint density at radius 3 is 2.64 bits per heavy atom. The van der Waals surface area contributed by atoms with E-state index in [4.69, 9.17) is 0 Å². The summed E-state index contributed by atoms with van der Waals surface area (Å²) in [4.78, 5) is 38.6. The number of urea groups is 1. The van der Waals surface area contributed by atoms with Gasteiger partial charge in [0.25, 0.3) is 5.91 Å². The van der Waals surface area contributed by atoms with Crippen LogP contribution in [0.25, 0.3) is 0 Å². The molecule has 25 heavy (non-hydrogen) atoms. The number of benzene rings is 1. The highest BCUT2D eigenvalue weighted by Gasteiger charge is 2.31. The summed E-state index contributed by atoms with van der Waals surface area (Å²) in [7, 11) is 3.38. The first-order chi connectivity index (χ1) is 11.8. The van der Waals surface area contributed by atoms with Gasteiger partial charge in [-0.1, -0.05) is 19.1 Å². The van der Waals surface area contributed by atoms with E-state index in [9.17, 15) is 19.5 Å². The Balaban J connectivity index is 1.96. The third-order valence-corrected chi connectivity index (χ3v) is 4.32. The van der Waals surface area contributed by atoms with Gasteiger partial charge in [-0.15, -0.1) is 0 Å². The number of carbonyl (C=O) groups is 3. The maximum Gasteiger partial charge on any atom is 0.317 e. The van der Waals surface area contributed by atoms with Crippen molar-refractivity contribution in [3.05, 3.63) is 35.4 Å². The van der Waals surface area contributed by atoms with Crippen LogP contribution in [0.2, 0.25) is 0 Å². The van der Waals surface area contributed by atoms with Gasteiger partial charge >= 0.3 is 12.0 Å². The van der Waals surface area contributed by atoms with E-state index in [1.54, 1.807) is 37.2 Å². The van der Waals surface area contributed by atoms with E-state index in [-0.39, 0.29) is 30.9 Å². The Kier molecular flexibility index (Phi) is 6.01. The highest BCUT2D eigenvalue weighted by atomic mass is 16.4. The Hall–Kier alpha value is -2.57. The lowest BCUT2D eigenvalue weighted by molar-refractivity contribution is -0.143. The Morgan fingerprint density at radius 1 is 1.28 bits per heavy atom. The van der Waals surface area contributed by atoms with Gasteiger partial charge < -0.3 is 20.2 Å². The van der Waals surface area contributed by atoms with Crippen molar-refractivity contribution in [1.82, 2.24) is 15.1 Å². The van der Waals surface area contributed by atoms with Crippen LogP contribution in [-0.2, 0) is 11.3 Å². The average Bonchev–Trinajstić information content (AvgIpc) is 2.58. The molecule has 0 aliphatic carbocycles. The minimum absolute atomic E-state index is 0.0951. The molecule has 1 aromatic carbocycles. The van der Waals surface area contributed by atoms with Crippen LogP contribution in [0, 0.1) is 11.8 Å². The van der Waals surface area contributed by atoms with Crippen LogP contribution in [0.1, 0.15) is 29.3 Å². The fraction of sp³-hybridized carbons (Fsp3) is 0.500. The standard InChI is InChI=1S/C18H25N3O4/c1-12-7-15(17(23)24)11-21(10-12)18(25)19-9-13-5-4-6-14(8-13)16(22)20(2)3/h4-6,8,12,15H,7,9-11H2,1-3H3,(H,19,25)(H,23,24). The van der Waals surface area contributed by atoms with E-state index >= 15 is 0 Å². The number of amides is 3. The summed E-state index contributed by atoms with van der Waals surface area (Å²) in [5, 5.41) is 12.0. The van der Waals surface area contributed by atoms with Gasteiger partial charge in [0.2, 0.25) is 0 Å². The third kappa shape index (κ3) is 4.95. The van der Waals surface area contributed by atoms with Crippen molar-refractivity contribution in [3.8, 4) is 0 Å². The molecule has 3 amide bonds. The zero-order chi connectivity index (χ0) is 18.6. The molecule has 1 heterocycles. The van der Waals surface area contributed by atoms with Crippen molar-refractivity contribution in [1.29, 1.82) is 0 Å². The van der Waals surface area contributed by atoms with Gasteiger partial charge in [0, 0.05) is 39.3 Å². The zero-order valence-electron chi connectivity index (χ0n) is 14.9. The van der Waals surface area contributed by atoms with E-state index in [0.29, 0.717) is 18.5 Å². The number of hydrogen-bond acceptors (Lipinski definition) is 3. The van der Waals surface area contributed by atoms with E-state index < -0.39 is 11.9 Å². The average molecular weight is 347 g/mol. The molecule has 1 aliphatic rings. The molecule has 2 rings (SSSR count). The summed E-state index contributed by atoms with van der Waals surface area (Å²) in [6, 6.07) is 6.83. The smallest absolute Gasteiger partial charge is 0.317 e. The van der Waals surface area contributed by atoms with E-state index in [1.807, 2.05) is 13.0 Å². The number of aliphatic carboxylic acids is 1. The van der Waals surface area contributed by atoms with Crippen LogP contribution < -0.4 is 5.32 Å². The second-order valence-corrected chi connectivity index (χ2v) is 6.84. The van der Waals surface area contributed by atoms with Crippen LogP contribution in [0.4, 0.5) is 4.79 Å². The molecule has 1 aliphatic heterocycles. The minimum Gasteiger partial charge on any atom is -0.481 e. The normalized spacial score (nSPS) is 20.0. The maximum absolute atomic E-state index is 12.4. The van der Waals surface area contributed by atoms with E-state index in [2.05, 4.69) is 5.32 Å². The van der Waals surface area contributed by atoms with Crippen molar-refractivity contribution >= 4 is 17.9 Å². The number of hydrogen-bond donors (Lipinski definition) is 2. The maximum atomic E-state index is 12.4. The van der Waals surface area contributed by atoms with Crippen LogP contribution in [0.5, 0.6) is 0 Å². The number of nitrogens with zero attached hydrogens (tertiary/aromatic N) is 2. The summed E-state index contributed by atoms with van der Waals surface area (Å²) < 4.78 is 0. The first-order valence-electron chi connectivity index (χ1n) is 8.34. The third-order valence-electron chi connectivity index (χ3n) is 4.32. The molecule has 7 nitrogen and oxygen atoms in total. The zero-order valence-corrected chi connectivity index (χ0v) is 14.9. The molecular weight excluding hydrogens is 322 g/mol. The Bertz CT molecular complexity index is 659. The number of nitrogens with one attached hydrogen (secondary N) is 1. The van der Waals surface area contributed by atoms with Gasteiger partial charge in [-0.05, 0) is 30.0 Å².